The summed E-state index contributed by atoms with van der Waals surface area (Å²) < 4.78 is 5.02. The fraction of sp³-hybridized carbons (Fsp3) is 0.182. The van der Waals surface area contributed by atoms with E-state index in [1.54, 1.807) is 12.1 Å². The Morgan fingerprint density at radius 1 is 1.43 bits per heavy atom. The number of hydrogen-bond acceptors (Lipinski definition) is 3. The first-order chi connectivity index (χ1) is 6.77. The SMILES string of the molecule is CCOC=C(C=O)c1ccc(O)cc1. The van der Waals surface area contributed by atoms with Gasteiger partial charge in [0.1, 0.15) is 5.75 Å². The van der Waals surface area contributed by atoms with Crippen LogP contribution in [0.2, 0.25) is 0 Å². The van der Waals surface area contributed by atoms with E-state index in [0.717, 1.165) is 11.8 Å². The molecular weight excluding hydrogens is 180 g/mol. The van der Waals surface area contributed by atoms with E-state index in [0.29, 0.717) is 12.2 Å². The summed E-state index contributed by atoms with van der Waals surface area (Å²) in [5, 5.41) is 9.05. The Hall–Kier alpha value is -1.77. The largest absolute Gasteiger partial charge is 0.508 e. The van der Waals surface area contributed by atoms with Crippen LogP contribution in [0.25, 0.3) is 5.57 Å². The van der Waals surface area contributed by atoms with Crippen LogP contribution < -0.4 is 0 Å². The predicted octanol–water partition coefficient (Wildman–Crippen LogP) is 1.97. The zero-order valence-corrected chi connectivity index (χ0v) is 7.93. The molecule has 3 nitrogen and oxygen atoms in total. The minimum absolute atomic E-state index is 0.176. The molecule has 0 spiro atoms. The summed E-state index contributed by atoms with van der Waals surface area (Å²) in [6.07, 6.45) is 2.14. The number of carbonyl (C=O) groups is 1. The number of phenols is 1. The Morgan fingerprint density at radius 2 is 2.07 bits per heavy atom. The van der Waals surface area contributed by atoms with Crippen molar-refractivity contribution in [3.05, 3.63) is 36.1 Å². The maximum absolute atomic E-state index is 10.7. The van der Waals surface area contributed by atoms with Crippen LogP contribution in [0, 0.1) is 0 Å². The van der Waals surface area contributed by atoms with Crippen molar-refractivity contribution in [2.45, 2.75) is 6.92 Å². The molecule has 0 atom stereocenters. The predicted molar refractivity (Wildman–Crippen MR) is 53.8 cm³/mol. The van der Waals surface area contributed by atoms with Crippen molar-refractivity contribution in [3.63, 3.8) is 0 Å². The van der Waals surface area contributed by atoms with Gasteiger partial charge in [0.2, 0.25) is 0 Å². The van der Waals surface area contributed by atoms with E-state index in [1.807, 2.05) is 6.92 Å². The van der Waals surface area contributed by atoms with Gasteiger partial charge in [-0.15, -0.1) is 0 Å². The highest BCUT2D eigenvalue weighted by molar-refractivity contribution is 6.06. The molecule has 0 aliphatic heterocycles. The molecule has 0 heterocycles. The van der Waals surface area contributed by atoms with Gasteiger partial charge in [0.25, 0.3) is 0 Å². The Morgan fingerprint density at radius 3 is 2.57 bits per heavy atom. The lowest BCUT2D eigenvalue weighted by Crippen LogP contribution is -1.88. The molecule has 0 fully saturated rings. The molecule has 1 N–H and O–H groups in total. The van der Waals surface area contributed by atoms with Gasteiger partial charge in [0.05, 0.1) is 18.4 Å². The third kappa shape index (κ3) is 2.62. The molecule has 0 saturated heterocycles. The van der Waals surface area contributed by atoms with Gasteiger partial charge < -0.3 is 9.84 Å². The van der Waals surface area contributed by atoms with E-state index >= 15 is 0 Å². The molecule has 0 amide bonds. The second-order valence-corrected chi connectivity index (χ2v) is 2.69. The van der Waals surface area contributed by atoms with Gasteiger partial charge in [0, 0.05) is 0 Å². The van der Waals surface area contributed by atoms with Crippen LogP contribution in [-0.4, -0.2) is 18.0 Å². The fourth-order valence-electron chi connectivity index (χ4n) is 0.991. The standard InChI is InChI=1S/C11H12O3/c1-2-14-8-10(7-12)9-3-5-11(13)6-4-9/h3-8,13H,2H2,1H3. The molecule has 14 heavy (non-hydrogen) atoms. The lowest BCUT2D eigenvalue weighted by atomic mass is 10.1. The van der Waals surface area contributed by atoms with Crippen molar-refractivity contribution < 1.29 is 14.6 Å². The number of phenolic OH excluding ortho intramolecular Hbond substituents is 1. The van der Waals surface area contributed by atoms with Crippen molar-refractivity contribution in [1.29, 1.82) is 0 Å². The highest BCUT2D eigenvalue weighted by atomic mass is 16.5. The van der Waals surface area contributed by atoms with Gasteiger partial charge in [0.15, 0.2) is 6.29 Å². The summed E-state index contributed by atoms with van der Waals surface area (Å²) in [7, 11) is 0. The number of allylic oxidation sites excluding steroid dienone is 1. The zero-order valence-electron chi connectivity index (χ0n) is 7.93. The normalized spacial score (nSPS) is 11.1. The van der Waals surface area contributed by atoms with E-state index in [9.17, 15) is 4.79 Å². The number of benzene rings is 1. The summed E-state index contributed by atoms with van der Waals surface area (Å²) in [4.78, 5) is 10.7. The summed E-state index contributed by atoms with van der Waals surface area (Å²) in [5.41, 5.74) is 1.19. The van der Waals surface area contributed by atoms with E-state index in [1.165, 1.54) is 18.4 Å². The molecule has 0 aliphatic rings. The first-order valence-corrected chi connectivity index (χ1v) is 4.34. The minimum Gasteiger partial charge on any atom is -0.508 e. The second kappa shape index (κ2) is 5.07. The molecule has 1 rings (SSSR count). The number of aldehydes is 1. The van der Waals surface area contributed by atoms with Crippen LogP contribution >= 0.6 is 0 Å². The van der Waals surface area contributed by atoms with Gasteiger partial charge in [-0.1, -0.05) is 12.1 Å². The Labute approximate surface area is 82.6 Å². The van der Waals surface area contributed by atoms with Gasteiger partial charge in [-0.2, -0.15) is 0 Å². The lowest BCUT2D eigenvalue weighted by molar-refractivity contribution is -0.103. The summed E-state index contributed by atoms with van der Waals surface area (Å²) in [5.74, 6) is 0.176. The first-order valence-electron chi connectivity index (χ1n) is 4.34. The average molecular weight is 192 g/mol. The van der Waals surface area contributed by atoms with Crippen LogP contribution in [0.5, 0.6) is 5.75 Å². The Balaban J connectivity index is 2.89. The van der Waals surface area contributed by atoms with E-state index in [2.05, 4.69) is 0 Å². The highest BCUT2D eigenvalue weighted by Crippen LogP contribution is 2.16. The van der Waals surface area contributed by atoms with E-state index in [4.69, 9.17) is 9.84 Å². The highest BCUT2D eigenvalue weighted by Gasteiger charge is 1.99. The molecule has 0 unspecified atom stereocenters. The van der Waals surface area contributed by atoms with Crippen LogP contribution in [0.3, 0.4) is 0 Å². The number of aromatic hydroxyl groups is 1. The average Bonchev–Trinajstić information content (AvgIpc) is 2.21. The summed E-state index contributed by atoms with van der Waals surface area (Å²) >= 11 is 0. The Kier molecular flexibility index (Phi) is 3.73. The maximum Gasteiger partial charge on any atom is 0.153 e. The van der Waals surface area contributed by atoms with Gasteiger partial charge in [-0.3, -0.25) is 4.79 Å². The monoisotopic (exact) mass is 192 g/mol. The number of rotatable bonds is 4. The first kappa shape index (κ1) is 10.3. The van der Waals surface area contributed by atoms with Crippen LogP contribution in [0.15, 0.2) is 30.5 Å². The van der Waals surface area contributed by atoms with Gasteiger partial charge in [-0.25, -0.2) is 0 Å². The molecule has 0 bridgehead atoms. The van der Waals surface area contributed by atoms with Crippen LogP contribution in [0.1, 0.15) is 12.5 Å². The minimum atomic E-state index is 0.176. The van der Waals surface area contributed by atoms with Crippen LogP contribution in [0.4, 0.5) is 0 Å². The van der Waals surface area contributed by atoms with Crippen molar-refractivity contribution in [2.75, 3.05) is 6.61 Å². The molecule has 3 heteroatoms. The third-order valence-electron chi connectivity index (χ3n) is 1.70. The quantitative estimate of drug-likeness (QED) is 0.450. The molecule has 0 saturated carbocycles. The molecule has 0 radical (unpaired) electrons. The topological polar surface area (TPSA) is 46.5 Å². The zero-order chi connectivity index (χ0) is 10.4. The molecule has 1 aromatic carbocycles. The number of hydrogen-bond donors (Lipinski definition) is 1. The maximum atomic E-state index is 10.7. The molecular formula is C11H12O3. The molecule has 0 aliphatic carbocycles. The lowest BCUT2D eigenvalue weighted by Gasteiger charge is -2.01. The summed E-state index contributed by atoms with van der Waals surface area (Å²) in [6, 6.07) is 6.38. The van der Waals surface area contributed by atoms with Crippen molar-refractivity contribution >= 4 is 11.9 Å². The van der Waals surface area contributed by atoms with E-state index in [-0.39, 0.29) is 5.75 Å². The van der Waals surface area contributed by atoms with E-state index < -0.39 is 0 Å². The van der Waals surface area contributed by atoms with Crippen molar-refractivity contribution in [1.82, 2.24) is 0 Å². The number of carbonyl (C=O) groups excluding carboxylic acids is 1. The van der Waals surface area contributed by atoms with Gasteiger partial charge >= 0.3 is 0 Å². The molecule has 74 valence electrons. The van der Waals surface area contributed by atoms with Crippen molar-refractivity contribution in [2.24, 2.45) is 0 Å². The third-order valence-corrected chi connectivity index (χ3v) is 1.70. The summed E-state index contributed by atoms with van der Waals surface area (Å²) in [6.45, 7) is 2.37. The van der Waals surface area contributed by atoms with Gasteiger partial charge in [-0.05, 0) is 24.6 Å². The molecule has 1 aromatic rings. The van der Waals surface area contributed by atoms with Crippen LogP contribution in [-0.2, 0) is 9.53 Å². The van der Waals surface area contributed by atoms with Crippen molar-refractivity contribution in [3.8, 4) is 5.75 Å². The second-order valence-electron chi connectivity index (χ2n) is 2.69. The Bertz CT molecular complexity index is 325. The smallest absolute Gasteiger partial charge is 0.153 e. The molecule has 0 aromatic heterocycles. The number of ether oxygens (including phenoxy) is 1. The fourth-order valence-corrected chi connectivity index (χ4v) is 0.991.